The zero-order valence-electron chi connectivity index (χ0n) is 11.0. The summed E-state index contributed by atoms with van der Waals surface area (Å²) in [5.74, 6) is -0.457. The van der Waals surface area contributed by atoms with Crippen molar-refractivity contribution in [3.63, 3.8) is 0 Å². The standard InChI is InChI=1S/C14H19FN2O2/c1-19-11-10-16-8-9-17-14(18)7-4-12-2-5-13(15)6-3-12/h2-7,16H,8-11H2,1H3,(H,17,18)/b7-4+. The van der Waals surface area contributed by atoms with E-state index >= 15 is 0 Å². The lowest BCUT2D eigenvalue weighted by molar-refractivity contribution is -0.116. The van der Waals surface area contributed by atoms with Gasteiger partial charge in [-0.1, -0.05) is 12.1 Å². The molecule has 0 heterocycles. The third kappa shape index (κ3) is 7.33. The number of amides is 1. The number of halogens is 1. The summed E-state index contributed by atoms with van der Waals surface area (Å²) in [5, 5.41) is 5.85. The van der Waals surface area contributed by atoms with Gasteiger partial charge in [0.25, 0.3) is 0 Å². The quantitative estimate of drug-likeness (QED) is 0.549. The van der Waals surface area contributed by atoms with Crippen molar-refractivity contribution in [2.45, 2.75) is 0 Å². The van der Waals surface area contributed by atoms with E-state index in [1.807, 2.05) is 0 Å². The number of carbonyl (C=O) groups excluding carboxylic acids is 1. The highest BCUT2D eigenvalue weighted by molar-refractivity contribution is 5.91. The normalized spacial score (nSPS) is 10.8. The number of hydrogen-bond acceptors (Lipinski definition) is 3. The van der Waals surface area contributed by atoms with Crippen molar-refractivity contribution >= 4 is 12.0 Å². The first kappa shape index (κ1) is 15.3. The van der Waals surface area contributed by atoms with E-state index in [0.717, 1.165) is 12.1 Å². The van der Waals surface area contributed by atoms with Crippen molar-refractivity contribution in [1.82, 2.24) is 10.6 Å². The predicted molar refractivity (Wildman–Crippen MR) is 73.2 cm³/mol. The van der Waals surface area contributed by atoms with Crippen LogP contribution in [-0.2, 0) is 9.53 Å². The molecule has 0 aliphatic rings. The molecule has 2 N–H and O–H groups in total. The van der Waals surface area contributed by atoms with E-state index in [0.29, 0.717) is 19.7 Å². The molecule has 1 amide bonds. The van der Waals surface area contributed by atoms with Gasteiger partial charge in [-0.05, 0) is 23.8 Å². The summed E-state index contributed by atoms with van der Waals surface area (Å²) in [7, 11) is 1.64. The Hall–Kier alpha value is -1.72. The molecular formula is C14H19FN2O2. The SMILES string of the molecule is COCCNCCNC(=O)/C=C/c1ccc(F)cc1. The van der Waals surface area contributed by atoms with Gasteiger partial charge in [0.05, 0.1) is 6.61 Å². The van der Waals surface area contributed by atoms with Crippen LogP contribution >= 0.6 is 0 Å². The molecule has 0 saturated heterocycles. The molecule has 1 rings (SSSR count). The van der Waals surface area contributed by atoms with Crippen molar-refractivity contribution in [2.75, 3.05) is 33.4 Å². The van der Waals surface area contributed by atoms with Gasteiger partial charge in [0.2, 0.25) is 5.91 Å². The van der Waals surface area contributed by atoms with Crippen molar-refractivity contribution in [3.8, 4) is 0 Å². The van der Waals surface area contributed by atoms with Crippen molar-refractivity contribution in [2.24, 2.45) is 0 Å². The minimum Gasteiger partial charge on any atom is -0.383 e. The Morgan fingerprint density at radius 1 is 1.26 bits per heavy atom. The van der Waals surface area contributed by atoms with Crippen LogP contribution in [0.3, 0.4) is 0 Å². The average molecular weight is 266 g/mol. The molecule has 0 bridgehead atoms. The maximum atomic E-state index is 12.7. The molecule has 4 nitrogen and oxygen atoms in total. The van der Waals surface area contributed by atoms with E-state index in [-0.39, 0.29) is 11.7 Å². The Balaban J connectivity index is 2.18. The topological polar surface area (TPSA) is 50.4 Å². The fourth-order valence-corrected chi connectivity index (χ4v) is 1.38. The van der Waals surface area contributed by atoms with Gasteiger partial charge in [-0.25, -0.2) is 4.39 Å². The number of ether oxygens (including phenoxy) is 1. The molecule has 0 saturated carbocycles. The van der Waals surface area contributed by atoms with Crippen LogP contribution in [0.4, 0.5) is 4.39 Å². The summed E-state index contributed by atoms with van der Waals surface area (Å²) in [6, 6.07) is 5.95. The first-order chi connectivity index (χ1) is 9.22. The molecule has 104 valence electrons. The lowest BCUT2D eigenvalue weighted by Gasteiger charge is -2.04. The van der Waals surface area contributed by atoms with Crippen LogP contribution in [0.2, 0.25) is 0 Å². The molecule has 0 aromatic heterocycles. The van der Waals surface area contributed by atoms with Crippen molar-refractivity contribution < 1.29 is 13.9 Å². The lowest BCUT2D eigenvalue weighted by Crippen LogP contribution is -2.32. The van der Waals surface area contributed by atoms with Gasteiger partial charge in [-0.3, -0.25) is 4.79 Å². The molecule has 0 radical (unpaired) electrons. The fraction of sp³-hybridized carbons (Fsp3) is 0.357. The molecule has 5 heteroatoms. The molecule has 0 aliphatic carbocycles. The molecule has 0 unspecified atom stereocenters. The highest BCUT2D eigenvalue weighted by Crippen LogP contribution is 2.04. The van der Waals surface area contributed by atoms with Crippen LogP contribution in [0.15, 0.2) is 30.3 Å². The largest absolute Gasteiger partial charge is 0.383 e. The van der Waals surface area contributed by atoms with Crippen LogP contribution in [0.1, 0.15) is 5.56 Å². The van der Waals surface area contributed by atoms with Gasteiger partial charge in [-0.15, -0.1) is 0 Å². The van der Waals surface area contributed by atoms with Gasteiger partial charge < -0.3 is 15.4 Å². The second-order valence-electron chi connectivity index (χ2n) is 3.92. The Morgan fingerprint density at radius 3 is 2.68 bits per heavy atom. The first-order valence-electron chi connectivity index (χ1n) is 6.13. The van der Waals surface area contributed by atoms with Crippen LogP contribution in [0.25, 0.3) is 6.08 Å². The average Bonchev–Trinajstić information content (AvgIpc) is 2.42. The number of nitrogens with one attached hydrogen (secondary N) is 2. The Labute approximate surface area is 112 Å². The molecule has 0 aliphatic heterocycles. The van der Waals surface area contributed by atoms with Gasteiger partial charge in [0.1, 0.15) is 5.82 Å². The van der Waals surface area contributed by atoms with Crippen LogP contribution < -0.4 is 10.6 Å². The number of hydrogen-bond donors (Lipinski definition) is 2. The zero-order chi connectivity index (χ0) is 13.9. The summed E-state index contributed by atoms with van der Waals surface area (Å²) in [5.41, 5.74) is 0.787. The molecule has 0 spiro atoms. The Bertz CT molecular complexity index is 404. The minimum absolute atomic E-state index is 0.169. The molecule has 1 aromatic rings. The number of methoxy groups -OCH3 is 1. The molecular weight excluding hydrogens is 247 g/mol. The molecule has 0 fully saturated rings. The van der Waals surface area contributed by atoms with E-state index in [9.17, 15) is 9.18 Å². The van der Waals surface area contributed by atoms with Gasteiger partial charge in [0, 0.05) is 32.8 Å². The molecule has 19 heavy (non-hydrogen) atoms. The summed E-state index contributed by atoms with van der Waals surface area (Å²) in [6.45, 7) is 2.66. The van der Waals surface area contributed by atoms with Crippen LogP contribution in [-0.4, -0.2) is 39.3 Å². The maximum Gasteiger partial charge on any atom is 0.244 e. The minimum atomic E-state index is -0.288. The van der Waals surface area contributed by atoms with Crippen LogP contribution in [0.5, 0.6) is 0 Å². The summed E-state index contributed by atoms with van der Waals surface area (Å²) < 4.78 is 17.5. The zero-order valence-corrected chi connectivity index (χ0v) is 11.0. The Morgan fingerprint density at radius 2 is 2.00 bits per heavy atom. The lowest BCUT2D eigenvalue weighted by atomic mass is 10.2. The summed E-state index contributed by atoms with van der Waals surface area (Å²) >= 11 is 0. The first-order valence-corrected chi connectivity index (χ1v) is 6.13. The van der Waals surface area contributed by atoms with E-state index in [1.54, 1.807) is 25.3 Å². The van der Waals surface area contributed by atoms with E-state index in [2.05, 4.69) is 10.6 Å². The fourth-order valence-electron chi connectivity index (χ4n) is 1.38. The van der Waals surface area contributed by atoms with Gasteiger partial charge >= 0.3 is 0 Å². The molecule has 1 aromatic carbocycles. The third-order valence-corrected chi connectivity index (χ3v) is 2.38. The summed E-state index contributed by atoms with van der Waals surface area (Å²) in [6.07, 6.45) is 3.08. The number of carbonyl (C=O) groups is 1. The van der Waals surface area contributed by atoms with Gasteiger partial charge in [-0.2, -0.15) is 0 Å². The molecule has 0 atom stereocenters. The van der Waals surface area contributed by atoms with E-state index < -0.39 is 0 Å². The second-order valence-corrected chi connectivity index (χ2v) is 3.92. The maximum absolute atomic E-state index is 12.7. The number of rotatable bonds is 8. The van der Waals surface area contributed by atoms with Crippen molar-refractivity contribution in [3.05, 3.63) is 41.7 Å². The van der Waals surface area contributed by atoms with Crippen molar-refractivity contribution in [1.29, 1.82) is 0 Å². The monoisotopic (exact) mass is 266 g/mol. The van der Waals surface area contributed by atoms with E-state index in [4.69, 9.17) is 4.74 Å². The van der Waals surface area contributed by atoms with Crippen LogP contribution in [0, 0.1) is 5.82 Å². The highest BCUT2D eigenvalue weighted by Gasteiger charge is 1.95. The van der Waals surface area contributed by atoms with E-state index in [1.165, 1.54) is 18.2 Å². The summed E-state index contributed by atoms with van der Waals surface area (Å²) in [4.78, 5) is 11.4. The second kappa shape index (κ2) is 9.24. The highest BCUT2D eigenvalue weighted by atomic mass is 19.1. The Kier molecular flexibility index (Phi) is 7.46. The smallest absolute Gasteiger partial charge is 0.244 e. The number of benzene rings is 1. The van der Waals surface area contributed by atoms with Gasteiger partial charge in [0.15, 0.2) is 0 Å². The predicted octanol–water partition coefficient (Wildman–Crippen LogP) is 1.19. The third-order valence-electron chi connectivity index (χ3n) is 2.38.